The molecule has 3 heteroatoms. The summed E-state index contributed by atoms with van der Waals surface area (Å²) in [4.78, 5) is 0. The summed E-state index contributed by atoms with van der Waals surface area (Å²) in [5, 5.41) is 8.77. The number of allylic oxidation sites excluding steroid dienone is 2. The van der Waals surface area contributed by atoms with E-state index in [0.29, 0.717) is 5.57 Å². The van der Waals surface area contributed by atoms with Gasteiger partial charge in [-0.15, -0.1) is 0 Å². The largest absolute Gasteiger partial charge is 0.392 e. The van der Waals surface area contributed by atoms with Crippen molar-refractivity contribution < 1.29 is 5.11 Å². The van der Waals surface area contributed by atoms with Crippen LogP contribution in [0.25, 0.3) is 0 Å². The van der Waals surface area contributed by atoms with Gasteiger partial charge < -0.3 is 10.8 Å². The zero-order valence-electron chi connectivity index (χ0n) is 5.55. The third-order valence-corrected chi connectivity index (χ3v) is 1.03. The summed E-state index contributed by atoms with van der Waals surface area (Å²) >= 11 is 5.31. The minimum atomic E-state index is -0.0514. The van der Waals surface area contributed by atoms with Gasteiger partial charge >= 0.3 is 0 Å². The van der Waals surface area contributed by atoms with E-state index in [9.17, 15) is 0 Å². The number of aliphatic hydroxyl groups excluding tert-OH is 1. The summed E-state index contributed by atoms with van der Waals surface area (Å²) in [5.41, 5.74) is 5.80. The molecular weight excluding hydrogens is 150 g/mol. The Morgan fingerprint density at radius 1 is 1.60 bits per heavy atom. The summed E-state index contributed by atoms with van der Waals surface area (Å²) in [5.74, 6) is 0. The van der Waals surface area contributed by atoms with Gasteiger partial charge in [0.15, 0.2) is 0 Å². The summed E-state index contributed by atoms with van der Waals surface area (Å²) in [7, 11) is 0. The van der Waals surface area contributed by atoms with Crippen LogP contribution in [0.2, 0.25) is 0 Å². The van der Waals surface area contributed by atoms with Crippen LogP contribution in [0.5, 0.6) is 0 Å². The Balaban J connectivity index is 4.12. The third kappa shape index (κ3) is 4.18. The molecule has 0 aromatic heterocycles. The molecule has 0 aliphatic rings. The first-order valence-corrected chi connectivity index (χ1v) is 3.13. The average Bonchev–Trinajstić information content (AvgIpc) is 1.90. The van der Waals surface area contributed by atoms with Crippen LogP contribution in [0.4, 0.5) is 0 Å². The van der Waals surface area contributed by atoms with Crippen LogP contribution in [-0.4, -0.2) is 11.7 Å². The maximum atomic E-state index is 8.59. The highest BCUT2D eigenvalue weighted by molar-refractivity contribution is 6.29. The fraction of sp³-hybridized carbons (Fsp3) is 0.143. The molecule has 0 unspecified atom stereocenters. The normalized spacial score (nSPS) is 13.4. The second kappa shape index (κ2) is 5.09. The minimum Gasteiger partial charge on any atom is -0.392 e. The number of hydrogen-bond donors (Lipinski definition) is 2. The lowest BCUT2D eigenvalue weighted by Gasteiger charge is -1.90. The highest BCUT2D eigenvalue weighted by Crippen LogP contribution is 1.97. The summed E-state index contributed by atoms with van der Waals surface area (Å²) < 4.78 is 0. The van der Waals surface area contributed by atoms with Gasteiger partial charge in [0.1, 0.15) is 0 Å². The Morgan fingerprint density at radius 2 is 2.20 bits per heavy atom. The molecular formula is C7H10ClNO. The topological polar surface area (TPSA) is 46.2 Å². The maximum absolute atomic E-state index is 8.59. The van der Waals surface area contributed by atoms with Crippen LogP contribution in [0.3, 0.4) is 0 Å². The van der Waals surface area contributed by atoms with Crippen LogP contribution in [0, 0.1) is 0 Å². The summed E-state index contributed by atoms with van der Waals surface area (Å²) in [6, 6.07) is 0. The van der Waals surface area contributed by atoms with Crippen molar-refractivity contribution in [2.24, 2.45) is 5.73 Å². The standard InChI is InChI=1S/C7H10ClNO/c1-2-6(5-10)3-4-7(8)9/h2-4,10H,1,5,9H2/b6-3+,7-4-. The van der Waals surface area contributed by atoms with E-state index in [1.54, 1.807) is 6.08 Å². The molecule has 0 fully saturated rings. The van der Waals surface area contributed by atoms with Gasteiger partial charge in [0.2, 0.25) is 0 Å². The fourth-order valence-electron chi connectivity index (χ4n) is 0.372. The predicted octanol–water partition coefficient (Wildman–Crippen LogP) is 1.13. The molecule has 0 aliphatic heterocycles. The second-order valence-corrected chi connectivity index (χ2v) is 2.09. The van der Waals surface area contributed by atoms with E-state index in [1.807, 2.05) is 0 Å². The van der Waals surface area contributed by atoms with Gasteiger partial charge in [0.05, 0.1) is 11.8 Å². The van der Waals surface area contributed by atoms with Crippen molar-refractivity contribution in [3.63, 3.8) is 0 Å². The van der Waals surface area contributed by atoms with Crippen molar-refractivity contribution in [2.45, 2.75) is 0 Å². The lowest BCUT2D eigenvalue weighted by Crippen LogP contribution is -1.87. The van der Waals surface area contributed by atoms with E-state index in [0.717, 1.165) is 0 Å². The van der Waals surface area contributed by atoms with Gasteiger partial charge in [-0.25, -0.2) is 0 Å². The Kier molecular flexibility index (Phi) is 4.72. The molecule has 0 radical (unpaired) electrons. The van der Waals surface area contributed by atoms with Crippen LogP contribution in [0.15, 0.2) is 35.5 Å². The number of aliphatic hydroxyl groups is 1. The maximum Gasteiger partial charge on any atom is 0.0991 e. The highest BCUT2D eigenvalue weighted by Gasteiger charge is 1.84. The smallest absolute Gasteiger partial charge is 0.0991 e. The zero-order valence-corrected chi connectivity index (χ0v) is 6.30. The molecule has 0 amide bonds. The molecule has 0 rings (SSSR count). The van der Waals surface area contributed by atoms with E-state index in [1.165, 1.54) is 12.2 Å². The number of halogens is 1. The van der Waals surface area contributed by atoms with Crippen LogP contribution < -0.4 is 5.73 Å². The first-order valence-electron chi connectivity index (χ1n) is 2.76. The number of hydrogen-bond acceptors (Lipinski definition) is 2. The highest BCUT2D eigenvalue weighted by atomic mass is 35.5. The molecule has 0 aromatic carbocycles. The minimum absolute atomic E-state index is 0.0514. The second-order valence-electron chi connectivity index (χ2n) is 1.66. The molecule has 0 saturated carbocycles. The monoisotopic (exact) mass is 159 g/mol. The lowest BCUT2D eigenvalue weighted by atomic mass is 10.2. The Labute approximate surface area is 65.3 Å². The Bertz CT molecular complexity index is 168. The summed E-state index contributed by atoms with van der Waals surface area (Å²) in [6.45, 7) is 3.42. The molecule has 2 nitrogen and oxygen atoms in total. The van der Waals surface area contributed by atoms with Crippen molar-refractivity contribution in [3.05, 3.63) is 35.5 Å². The first-order chi connectivity index (χ1) is 4.70. The van der Waals surface area contributed by atoms with Gasteiger partial charge in [0, 0.05) is 0 Å². The quantitative estimate of drug-likeness (QED) is 0.479. The predicted molar refractivity (Wildman–Crippen MR) is 43.5 cm³/mol. The molecule has 0 spiro atoms. The van der Waals surface area contributed by atoms with Crippen LogP contribution >= 0.6 is 11.6 Å². The van der Waals surface area contributed by atoms with Crippen molar-refractivity contribution in [1.29, 1.82) is 0 Å². The van der Waals surface area contributed by atoms with E-state index >= 15 is 0 Å². The number of rotatable bonds is 3. The van der Waals surface area contributed by atoms with E-state index in [4.69, 9.17) is 22.4 Å². The van der Waals surface area contributed by atoms with Crippen molar-refractivity contribution >= 4 is 11.6 Å². The SMILES string of the molecule is C=C/C(=C\C=C(/N)Cl)CO. The fourth-order valence-corrected chi connectivity index (χ4v) is 0.435. The first kappa shape index (κ1) is 9.27. The Morgan fingerprint density at radius 3 is 2.50 bits per heavy atom. The van der Waals surface area contributed by atoms with Gasteiger partial charge in [-0.05, 0) is 11.6 Å². The van der Waals surface area contributed by atoms with E-state index < -0.39 is 0 Å². The molecule has 3 N–H and O–H groups in total. The van der Waals surface area contributed by atoms with Gasteiger partial charge in [0.25, 0.3) is 0 Å². The lowest BCUT2D eigenvalue weighted by molar-refractivity contribution is 0.335. The third-order valence-electron chi connectivity index (χ3n) is 0.901. The molecule has 0 heterocycles. The number of nitrogens with two attached hydrogens (primary N) is 1. The average molecular weight is 160 g/mol. The molecule has 56 valence electrons. The molecule has 0 bridgehead atoms. The van der Waals surface area contributed by atoms with E-state index in [2.05, 4.69) is 6.58 Å². The molecule has 0 saturated heterocycles. The molecule has 10 heavy (non-hydrogen) atoms. The van der Waals surface area contributed by atoms with Crippen molar-refractivity contribution in [2.75, 3.05) is 6.61 Å². The zero-order chi connectivity index (χ0) is 7.98. The molecule has 0 atom stereocenters. The molecule has 0 aliphatic carbocycles. The Hall–Kier alpha value is -0.730. The van der Waals surface area contributed by atoms with Gasteiger partial charge in [-0.2, -0.15) is 0 Å². The molecule has 0 aromatic rings. The van der Waals surface area contributed by atoms with Crippen molar-refractivity contribution in [3.8, 4) is 0 Å². The van der Waals surface area contributed by atoms with Gasteiger partial charge in [-0.3, -0.25) is 0 Å². The van der Waals surface area contributed by atoms with Crippen LogP contribution in [-0.2, 0) is 0 Å². The van der Waals surface area contributed by atoms with Crippen molar-refractivity contribution in [1.82, 2.24) is 0 Å². The van der Waals surface area contributed by atoms with Gasteiger partial charge in [-0.1, -0.05) is 30.3 Å². The van der Waals surface area contributed by atoms with Crippen LogP contribution in [0.1, 0.15) is 0 Å². The summed E-state index contributed by atoms with van der Waals surface area (Å²) in [6.07, 6.45) is 4.64. The van der Waals surface area contributed by atoms with E-state index in [-0.39, 0.29) is 11.8 Å².